The lowest BCUT2D eigenvalue weighted by Gasteiger charge is -2.09. The van der Waals surface area contributed by atoms with Crippen LogP contribution in [0.2, 0.25) is 0 Å². The van der Waals surface area contributed by atoms with Crippen LogP contribution < -0.4 is 0 Å². The van der Waals surface area contributed by atoms with E-state index < -0.39 is 0 Å². The predicted octanol–water partition coefficient (Wildman–Crippen LogP) is 2.74. The monoisotopic (exact) mass is 184 g/mol. The van der Waals surface area contributed by atoms with E-state index in [-0.39, 0.29) is 5.78 Å². The van der Waals surface area contributed by atoms with E-state index in [2.05, 4.69) is 13.8 Å². The van der Waals surface area contributed by atoms with Gasteiger partial charge in [-0.05, 0) is 24.2 Å². The number of hydrogen-bond acceptors (Lipinski definition) is 1. The molecule has 2 aliphatic rings. The van der Waals surface area contributed by atoms with Gasteiger partial charge in [0.25, 0.3) is 0 Å². The number of halogens is 1. The molecule has 0 saturated heterocycles. The van der Waals surface area contributed by atoms with Crippen molar-refractivity contribution in [3.63, 3.8) is 0 Å². The Balaban J connectivity index is 2.37. The molecule has 0 spiro atoms. The molecule has 1 nitrogen and oxygen atoms in total. The zero-order valence-electron chi connectivity index (χ0n) is 7.65. The highest BCUT2D eigenvalue weighted by Crippen LogP contribution is 2.68. The minimum absolute atomic E-state index is 0.275. The highest BCUT2D eigenvalue weighted by molar-refractivity contribution is 6.32. The second-order valence-electron chi connectivity index (χ2n) is 4.48. The zero-order chi connectivity index (χ0) is 9.09. The Morgan fingerprint density at radius 2 is 2.17 bits per heavy atom. The minimum atomic E-state index is 0.275. The van der Waals surface area contributed by atoms with Gasteiger partial charge in [-0.3, -0.25) is 4.79 Å². The third kappa shape index (κ3) is 0.832. The summed E-state index contributed by atoms with van der Waals surface area (Å²) in [6.45, 7) is 6.26. The Morgan fingerprint density at radius 3 is 2.50 bits per heavy atom. The highest BCUT2D eigenvalue weighted by Gasteiger charge is 2.65. The van der Waals surface area contributed by atoms with Gasteiger partial charge in [-0.15, -0.1) is 0 Å². The Hall–Kier alpha value is -0.300. The number of carbonyl (C=O) groups is 1. The van der Waals surface area contributed by atoms with Crippen molar-refractivity contribution in [3.05, 3.63) is 10.6 Å². The molecule has 0 aromatic carbocycles. The molecule has 0 N–H and O–H groups in total. The van der Waals surface area contributed by atoms with E-state index in [4.69, 9.17) is 11.6 Å². The van der Waals surface area contributed by atoms with Gasteiger partial charge in [-0.1, -0.05) is 25.4 Å². The summed E-state index contributed by atoms with van der Waals surface area (Å²) in [6.07, 6.45) is 0.719. The fourth-order valence-corrected chi connectivity index (χ4v) is 2.81. The number of Topliss-reactive ketones (excluding diaryl/α,β-unsaturated/α-hetero) is 1. The van der Waals surface area contributed by atoms with Gasteiger partial charge < -0.3 is 0 Å². The van der Waals surface area contributed by atoms with E-state index >= 15 is 0 Å². The van der Waals surface area contributed by atoms with E-state index in [1.165, 1.54) is 0 Å². The lowest BCUT2D eigenvalue weighted by atomic mass is 9.96. The van der Waals surface area contributed by atoms with Crippen LogP contribution in [0.1, 0.15) is 27.2 Å². The van der Waals surface area contributed by atoms with Gasteiger partial charge in [-0.25, -0.2) is 0 Å². The first-order valence-corrected chi connectivity index (χ1v) is 4.73. The third-order valence-corrected chi connectivity index (χ3v) is 3.64. The van der Waals surface area contributed by atoms with E-state index in [9.17, 15) is 4.79 Å². The minimum Gasteiger partial charge on any atom is -0.294 e. The zero-order valence-corrected chi connectivity index (χ0v) is 8.40. The standard InChI is InChI=1S/C10H13ClO/c1-5(11)8-7(12)4-6-9(8)10(6,2)3/h6,9H,4H2,1-3H3/t6-,9-/m1/s1. The van der Waals surface area contributed by atoms with Crippen molar-refractivity contribution in [1.29, 1.82) is 0 Å². The van der Waals surface area contributed by atoms with Gasteiger partial charge in [0, 0.05) is 17.0 Å². The van der Waals surface area contributed by atoms with Gasteiger partial charge in [0.2, 0.25) is 0 Å². The molecule has 12 heavy (non-hydrogen) atoms. The highest BCUT2D eigenvalue weighted by atomic mass is 35.5. The first kappa shape index (κ1) is 8.31. The first-order valence-electron chi connectivity index (χ1n) is 4.35. The maximum atomic E-state index is 11.4. The second kappa shape index (κ2) is 2.14. The van der Waals surface area contributed by atoms with Crippen LogP contribution in [-0.2, 0) is 4.79 Å². The van der Waals surface area contributed by atoms with Crippen LogP contribution in [0.15, 0.2) is 10.6 Å². The molecule has 2 atom stereocenters. The summed E-state index contributed by atoms with van der Waals surface area (Å²) >= 11 is 5.89. The summed E-state index contributed by atoms with van der Waals surface area (Å²) in [5, 5.41) is 0.707. The van der Waals surface area contributed by atoms with Crippen LogP contribution in [0.4, 0.5) is 0 Å². The molecular weight excluding hydrogens is 172 g/mol. The molecular formula is C10H13ClO. The van der Waals surface area contributed by atoms with Crippen molar-refractivity contribution in [1.82, 2.24) is 0 Å². The normalized spacial score (nSPS) is 41.2. The summed E-state index contributed by atoms with van der Waals surface area (Å²) in [4.78, 5) is 11.4. The Labute approximate surface area is 77.8 Å². The van der Waals surface area contributed by atoms with Crippen LogP contribution >= 0.6 is 11.6 Å². The van der Waals surface area contributed by atoms with Gasteiger partial charge in [0.05, 0.1) is 0 Å². The summed E-state index contributed by atoms with van der Waals surface area (Å²) < 4.78 is 0. The van der Waals surface area contributed by atoms with Crippen molar-refractivity contribution in [2.75, 3.05) is 0 Å². The summed E-state index contributed by atoms with van der Waals surface area (Å²) in [5.74, 6) is 1.31. The van der Waals surface area contributed by atoms with Gasteiger partial charge in [0.15, 0.2) is 5.78 Å². The van der Waals surface area contributed by atoms with Crippen molar-refractivity contribution >= 4 is 17.4 Å². The number of hydrogen-bond donors (Lipinski definition) is 0. The van der Waals surface area contributed by atoms with Crippen molar-refractivity contribution in [2.45, 2.75) is 27.2 Å². The Kier molecular flexibility index (Phi) is 1.48. The maximum absolute atomic E-state index is 11.4. The maximum Gasteiger partial charge on any atom is 0.160 e. The average molecular weight is 185 g/mol. The Morgan fingerprint density at radius 1 is 1.58 bits per heavy atom. The number of carbonyl (C=O) groups excluding carboxylic acids is 1. The van der Waals surface area contributed by atoms with Crippen molar-refractivity contribution in [2.24, 2.45) is 17.3 Å². The molecule has 2 heteroatoms. The molecule has 0 amide bonds. The van der Waals surface area contributed by atoms with Crippen LogP contribution in [0, 0.1) is 17.3 Å². The second-order valence-corrected chi connectivity index (χ2v) is 5.05. The predicted molar refractivity (Wildman–Crippen MR) is 48.9 cm³/mol. The molecule has 0 radical (unpaired) electrons. The van der Waals surface area contributed by atoms with E-state index in [0.717, 1.165) is 12.0 Å². The molecule has 2 aliphatic carbocycles. The van der Waals surface area contributed by atoms with E-state index in [0.29, 0.717) is 22.3 Å². The molecule has 0 unspecified atom stereocenters. The number of allylic oxidation sites excluding steroid dienone is 2. The first-order chi connectivity index (χ1) is 5.46. The molecule has 0 aromatic rings. The van der Waals surface area contributed by atoms with Crippen LogP contribution in [0.25, 0.3) is 0 Å². The SMILES string of the molecule is CC(Cl)=C1C(=O)C[C@@H]2[C@H]1C2(C)C. The molecule has 2 fully saturated rings. The topological polar surface area (TPSA) is 17.1 Å². The molecule has 66 valence electrons. The molecule has 0 aliphatic heterocycles. The molecule has 0 aromatic heterocycles. The fraction of sp³-hybridized carbons (Fsp3) is 0.700. The molecule has 2 saturated carbocycles. The summed E-state index contributed by atoms with van der Waals surface area (Å²) in [6, 6.07) is 0. The van der Waals surface area contributed by atoms with E-state index in [1.807, 2.05) is 6.92 Å². The largest absolute Gasteiger partial charge is 0.294 e. The average Bonchev–Trinajstić information content (AvgIpc) is 2.40. The van der Waals surface area contributed by atoms with Gasteiger partial charge >= 0.3 is 0 Å². The molecule has 0 bridgehead atoms. The lowest BCUT2D eigenvalue weighted by Crippen LogP contribution is -2.08. The quantitative estimate of drug-likeness (QED) is 0.529. The van der Waals surface area contributed by atoms with Crippen LogP contribution in [-0.4, -0.2) is 5.78 Å². The number of fused-ring (bicyclic) bond motifs is 1. The smallest absolute Gasteiger partial charge is 0.160 e. The van der Waals surface area contributed by atoms with E-state index in [1.54, 1.807) is 0 Å². The third-order valence-electron chi connectivity index (χ3n) is 3.44. The van der Waals surface area contributed by atoms with Gasteiger partial charge in [-0.2, -0.15) is 0 Å². The van der Waals surface area contributed by atoms with Crippen molar-refractivity contribution < 1.29 is 4.79 Å². The van der Waals surface area contributed by atoms with Gasteiger partial charge in [0.1, 0.15) is 0 Å². The summed E-state index contributed by atoms with van der Waals surface area (Å²) in [7, 11) is 0. The molecule has 0 heterocycles. The number of rotatable bonds is 0. The fourth-order valence-electron chi connectivity index (χ4n) is 2.59. The van der Waals surface area contributed by atoms with Crippen LogP contribution in [0.5, 0.6) is 0 Å². The number of ketones is 1. The molecule has 2 rings (SSSR count). The Bertz CT molecular complexity index is 284. The van der Waals surface area contributed by atoms with Crippen molar-refractivity contribution in [3.8, 4) is 0 Å². The lowest BCUT2D eigenvalue weighted by molar-refractivity contribution is -0.115. The summed E-state index contributed by atoms with van der Waals surface area (Å²) in [5.41, 5.74) is 1.24. The van der Waals surface area contributed by atoms with Crippen LogP contribution in [0.3, 0.4) is 0 Å².